The Bertz CT molecular complexity index is 825. The van der Waals surface area contributed by atoms with E-state index in [1.807, 2.05) is 24.3 Å². The standard InChI is InChI=1S/C21H21F4NO2/c1-28-16-7-5-14(6-8-16)13-15-9-11-26(12-10-15)20(27)19-17(21(23,24)25)3-2-4-18(19)22/h2-8,15H,9-13H2,1H3. The van der Waals surface area contributed by atoms with Gasteiger partial charge in [0.2, 0.25) is 0 Å². The largest absolute Gasteiger partial charge is 0.497 e. The molecule has 1 fully saturated rings. The van der Waals surface area contributed by atoms with E-state index in [9.17, 15) is 22.4 Å². The Morgan fingerprint density at radius 1 is 1.11 bits per heavy atom. The second-order valence-electron chi connectivity index (χ2n) is 6.95. The van der Waals surface area contributed by atoms with Gasteiger partial charge in [-0.15, -0.1) is 0 Å². The zero-order valence-electron chi connectivity index (χ0n) is 15.4. The highest BCUT2D eigenvalue weighted by Crippen LogP contribution is 2.34. The second-order valence-corrected chi connectivity index (χ2v) is 6.95. The Labute approximate surface area is 160 Å². The number of likely N-dealkylation sites (tertiary alicyclic amines) is 1. The Morgan fingerprint density at radius 2 is 1.75 bits per heavy atom. The maximum atomic E-state index is 14.1. The zero-order valence-corrected chi connectivity index (χ0v) is 15.4. The fourth-order valence-electron chi connectivity index (χ4n) is 3.57. The molecule has 0 radical (unpaired) electrons. The lowest BCUT2D eigenvalue weighted by Gasteiger charge is -2.32. The summed E-state index contributed by atoms with van der Waals surface area (Å²) in [7, 11) is 1.60. The van der Waals surface area contributed by atoms with Crippen molar-refractivity contribution in [2.24, 2.45) is 5.92 Å². The number of hydrogen-bond acceptors (Lipinski definition) is 2. The van der Waals surface area contributed by atoms with E-state index >= 15 is 0 Å². The maximum Gasteiger partial charge on any atom is 0.417 e. The number of methoxy groups -OCH3 is 1. The van der Waals surface area contributed by atoms with E-state index in [2.05, 4.69) is 0 Å². The zero-order chi connectivity index (χ0) is 20.3. The maximum absolute atomic E-state index is 14.1. The number of carbonyl (C=O) groups is 1. The van der Waals surface area contributed by atoms with Gasteiger partial charge in [-0.1, -0.05) is 18.2 Å². The first-order valence-electron chi connectivity index (χ1n) is 9.07. The predicted molar refractivity (Wildman–Crippen MR) is 96.7 cm³/mol. The van der Waals surface area contributed by atoms with Crippen LogP contribution in [0.15, 0.2) is 42.5 Å². The third-order valence-electron chi connectivity index (χ3n) is 5.12. The molecule has 0 unspecified atom stereocenters. The van der Waals surface area contributed by atoms with Crippen molar-refractivity contribution >= 4 is 5.91 Å². The Kier molecular flexibility index (Phi) is 5.91. The Balaban J connectivity index is 1.66. The van der Waals surface area contributed by atoms with Gasteiger partial charge in [0, 0.05) is 13.1 Å². The first-order chi connectivity index (χ1) is 13.3. The first-order valence-corrected chi connectivity index (χ1v) is 9.07. The summed E-state index contributed by atoms with van der Waals surface area (Å²) >= 11 is 0. The molecule has 2 aromatic rings. The lowest BCUT2D eigenvalue weighted by atomic mass is 9.89. The molecule has 1 aliphatic rings. The minimum atomic E-state index is -4.78. The van der Waals surface area contributed by atoms with Crippen LogP contribution in [0.2, 0.25) is 0 Å². The van der Waals surface area contributed by atoms with Gasteiger partial charge < -0.3 is 9.64 Å². The van der Waals surface area contributed by atoms with E-state index in [-0.39, 0.29) is 0 Å². The van der Waals surface area contributed by atoms with Gasteiger partial charge in [-0.25, -0.2) is 4.39 Å². The molecular formula is C21H21F4NO2. The molecule has 1 amide bonds. The molecule has 7 heteroatoms. The topological polar surface area (TPSA) is 29.5 Å². The number of amides is 1. The fraction of sp³-hybridized carbons (Fsp3) is 0.381. The van der Waals surface area contributed by atoms with Gasteiger partial charge in [0.25, 0.3) is 5.91 Å². The normalized spacial score (nSPS) is 15.5. The number of rotatable bonds is 4. The molecule has 0 spiro atoms. The van der Waals surface area contributed by atoms with Gasteiger partial charge >= 0.3 is 6.18 Å². The second kappa shape index (κ2) is 8.20. The first kappa shape index (κ1) is 20.2. The van der Waals surface area contributed by atoms with E-state index in [1.165, 1.54) is 4.90 Å². The van der Waals surface area contributed by atoms with Crippen LogP contribution in [0.4, 0.5) is 17.6 Å². The molecule has 3 rings (SSSR count). The molecule has 0 atom stereocenters. The van der Waals surface area contributed by atoms with Gasteiger partial charge in [-0.3, -0.25) is 4.79 Å². The average Bonchev–Trinajstić information content (AvgIpc) is 2.68. The highest BCUT2D eigenvalue weighted by atomic mass is 19.4. The van der Waals surface area contributed by atoms with Crippen LogP contribution < -0.4 is 4.74 Å². The molecule has 1 aliphatic heterocycles. The van der Waals surface area contributed by atoms with Crippen LogP contribution in [0.25, 0.3) is 0 Å². The fourth-order valence-corrected chi connectivity index (χ4v) is 3.57. The third-order valence-corrected chi connectivity index (χ3v) is 5.12. The quantitative estimate of drug-likeness (QED) is 0.686. The van der Waals surface area contributed by atoms with Crippen molar-refractivity contribution in [3.63, 3.8) is 0 Å². The number of alkyl halides is 3. The minimum Gasteiger partial charge on any atom is -0.497 e. The molecule has 2 aromatic carbocycles. The van der Waals surface area contributed by atoms with Crippen LogP contribution in [0, 0.1) is 11.7 Å². The lowest BCUT2D eigenvalue weighted by molar-refractivity contribution is -0.138. The Hall–Kier alpha value is -2.57. The van der Waals surface area contributed by atoms with Crippen LogP contribution in [0.3, 0.4) is 0 Å². The number of benzene rings is 2. The summed E-state index contributed by atoms with van der Waals surface area (Å²) in [5.74, 6) is -0.942. The van der Waals surface area contributed by atoms with E-state index in [0.29, 0.717) is 31.8 Å². The van der Waals surface area contributed by atoms with Crippen LogP contribution in [-0.2, 0) is 12.6 Å². The molecule has 3 nitrogen and oxygen atoms in total. The summed E-state index contributed by atoms with van der Waals surface area (Å²) in [4.78, 5) is 13.9. The van der Waals surface area contributed by atoms with Crippen molar-refractivity contribution in [2.75, 3.05) is 20.2 Å². The van der Waals surface area contributed by atoms with E-state index in [1.54, 1.807) is 7.11 Å². The molecule has 0 N–H and O–H groups in total. The number of halogens is 4. The van der Waals surface area contributed by atoms with Crippen molar-refractivity contribution in [1.82, 2.24) is 4.90 Å². The van der Waals surface area contributed by atoms with Crippen molar-refractivity contribution in [1.29, 1.82) is 0 Å². The summed E-state index contributed by atoms with van der Waals surface area (Å²) in [6.45, 7) is 0.622. The van der Waals surface area contributed by atoms with E-state index in [4.69, 9.17) is 4.74 Å². The average molecular weight is 395 g/mol. The highest BCUT2D eigenvalue weighted by Gasteiger charge is 2.38. The summed E-state index contributed by atoms with van der Waals surface area (Å²) in [6.07, 6.45) is -2.64. The van der Waals surface area contributed by atoms with Gasteiger partial charge in [0.1, 0.15) is 11.6 Å². The van der Waals surface area contributed by atoms with Gasteiger partial charge in [0.05, 0.1) is 18.2 Å². The summed E-state index contributed by atoms with van der Waals surface area (Å²) in [6, 6.07) is 10.3. The molecule has 1 saturated heterocycles. The van der Waals surface area contributed by atoms with Crippen LogP contribution in [0.5, 0.6) is 5.75 Å². The molecule has 28 heavy (non-hydrogen) atoms. The van der Waals surface area contributed by atoms with Gasteiger partial charge in [0.15, 0.2) is 0 Å². The highest BCUT2D eigenvalue weighted by molar-refractivity contribution is 5.96. The molecule has 0 saturated carbocycles. The Morgan fingerprint density at radius 3 is 2.32 bits per heavy atom. The van der Waals surface area contributed by atoms with Crippen molar-refractivity contribution in [3.05, 3.63) is 65.0 Å². The van der Waals surface area contributed by atoms with Crippen molar-refractivity contribution in [3.8, 4) is 5.75 Å². The van der Waals surface area contributed by atoms with Crippen molar-refractivity contribution < 1.29 is 27.1 Å². The van der Waals surface area contributed by atoms with E-state index < -0.39 is 29.0 Å². The molecular weight excluding hydrogens is 374 g/mol. The van der Waals surface area contributed by atoms with Crippen LogP contribution in [-0.4, -0.2) is 31.0 Å². The van der Waals surface area contributed by atoms with E-state index in [0.717, 1.165) is 35.9 Å². The summed E-state index contributed by atoms with van der Waals surface area (Å²) in [5.41, 5.74) is -0.972. The smallest absolute Gasteiger partial charge is 0.417 e. The molecule has 0 bridgehead atoms. The molecule has 1 heterocycles. The number of carbonyl (C=O) groups excluding carboxylic acids is 1. The number of piperidine rings is 1. The molecule has 150 valence electrons. The monoisotopic (exact) mass is 395 g/mol. The third kappa shape index (κ3) is 4.46. The number of ether oxygens (including phenoxy) is 1. The summed E-state index contributed by atoms with van der Waals surface area (Å²) < 4.78 is 58.7. The predicted octanol–water partition coefficient (Wildman–Crippen LogP) is 4.95. The number of hydrogen-bond donors (Lipinski definition) is 0. The van der Waals surface area contributed by atoms with Crippen LogP contribution in [0.1, 0.15) is 34.3 Å². The van der Waals surface area contributed by atoms with Crippen molar-refractivity contribution in [2.45, 2.75) is 25.4 Å². The van der Waals surface area contributed by atoms with Gasteiger partial charge in [-0.2, -0.15) is 13.2 Å². The SMILES string of the molecule is COc1ccc(CC2CCN(C(=O)c3c(F)cccc3C(F)(F)F)CC2)cc1. The molecule has 0 aromatic heterocycles. The minimum absolute atomic E-state index is 0.311. The number of nitrogens with zero attached hydrogens (tertiary/aromatic N) is 1. The summed E-state index contributed by atoms with van der Waals surface area (Å²) in [5, 5.41) is 0. The lowest BCUT2D eigenvalue weighted by Crippen LogP contribution is -2.40. The van der Waals surface area contributed by atoms with Crippen LogP contribution >= 0.6 is 0 Å². The molecule has 0 aliphatic carbocycles. The van der Waals surface area contributed by atoms with Gasteiger partial charge in [-0.05, 0) is 55.0 Å².